The van der Waals surface area contributed by atoms with Crippen molar-refractivity contribution in [2.24, 2.45) is 17.3 Å². The lowest BCUT2D eigenvalue weighted by Crippen LogP contribution is -2.40. The molecule has 1 aromatic carbocycles. The van der Waals surface area contributed by atoms with E-state index in [9.17, 15) is 5.11 Å². The first-order chi connectivity index (χ1) is 10.0. The van der Waals surface area contributed by atoms with E-state index in [1.807, 2.05) is 12.1 Å². The van der Waals surface area contributed by atoms with Crippen molar-refractivity contribution in [3.63, 3.8) is 0 Å². The zero-order valence-corrected chi connectivity index (χ0v) is 12.9. The van der Waals surface area contributed by atoms with Crippen LogP contribution in [-0.2, 0) is 6.42 Å². The Labute approximate surface area is 127 Å². The Morgan fingerprint density at radius 3 is 2.86 bits per heavy atom. The second kappa shape index (κ2) is 4.28. The van der Waals surface area contributed by atoms with Crippen molar-refractivity contribution in [2.45, 2.75) is 51.4 Å². The Morgan fingerprint density at radius 1 is 1.24 bits per heavy atom. The lowest BCUT2D eigenvalue weighted by atomic mass is 9.55. The number of fused-ring (bicyclic) bond motifs is 5. The van der Waals surface area contributed by atoms with Crippen LogP contribution in [0.5, 0.6) is 5.75 Å². The van der Waals surface area contributed by atoms with Gasteiger partial charge in [0.25, 0.3) is 0 Å². The van der Waals surface area contributed by atoms with E-state index in [0.29, 0.717) is 17.0 Å². The molecule has 0 aromatic heterocycles. The number of nitrogen functional groups attached to an aromatic ring is 1. The molecule has 1 aromatic rings. The number of rotatable bonds is 0. The van der Waals surface area contributed by atoms with Gasteiger partial charge < -0.3 is 10.8 Å². The van der Waals surface area contributed by atoms with E-state index in [2.05, 4.69) is 13.5 Å². The van der Waals surface area contributed by atoms with Gasteiger partial charge in [0.15, 0.2) is 0 Å². The largest absolute Gasteiger partial charge is 0.506 e. The quantitative estimate of drug-likeness (QED) is 0.421. The van der Waals surface area contributed by atoms with Crippen molar-refractivity contribution in [2.75, 3.05) is 5.73 Å². The van der Waals surface area contributed by atoms with Gasteiger partial charge in [-0.05, 0) is 85.0 Å². The smallest absolute Gasteiger partial charge is 0.138 e. The van der Waals surface area contributed by atoms with Crippen LogP contribution in [0.4, 0.5) is 5.69 Å². The van der Waals surface area contributed by atoms with Gasteiger partial charge >= 0.3 is 0 Å². The maximum Gasteiger partial charge on any atom is 0.138 e. The van der Waals surface area contributed by atoms with Gasteiger partial charge in [-0.2, -0.15) is 0 Å². The highest BCUT2D eigenvalue weighted by atomic mass is 16.3. The zero-order valence-electron chi connectivity index (χ0n) is 12.9. The topological polar surface area (TPSA) is 46.2 Å². The number of anilines is 1. The summed E-state index contributed by atoms with van der Waals surface area (Å²) in [7, 11) is 0. The Kier molecular flexibility index (Phi) is 2.70. The van der Waals surface area contributed by atoms with E-state index in [-0.39, 0.29) is 5.75 Å². The molecule has 2 saturated carbocycles. The van der Waals surface area contributed by atoms with Gasteiger partial charge in [-0.1, -0.05) is 19.1 Å². The second-order valence-corrected chi connectivity index (χ2v) is 7.62. The third kappa shape index (κ3) is 1.71. The molecule has 3 unspecified atom stereocenters. The molecule has 3 aliphatic rings. The van der Waals surface area contributed by atoms with Gasteiger partial charge in [-0.15, -0.1) is 0 Å². The van der Waals surface area contributed by atoms with Crippen molar-refractivity contribution < 1.29 is 5.11 Å². The Hall–Kier alpha value is -1.44. The average Bonchev–Trinajstić information content (AvgIpc) is 2.76. The van der Waals surface area contributed by atoms with Crippen LogP contribution in [-0.4, -0.2) is 5.11 Å². The van der Waals surface area contributed by atoms with E-state index >= 15 is 0 Å². The fourth-order valence-electron chi connectivity index (χ4n) is 5.53. The van der Waals surface area contributed by atoms with E-state index in [0.717, 1.165) is 18.3 Å². The molecule has 4 rings (SSSR count). The Balaban J connectivity index is 1.75. The van der Waals surface area contributed by atoms with Crippen molar-refractivity contribution in [1.82, 2.24) is 0 Å². The minimum Gasteiger partial charge on any atom is -0.506 e. The van der Waals surface area contributed by atoms with Gasteiger partial charge in [0.1, 0.15) is 5.75 Å². The predicted molar refractivity (Wildman–Crippen MR) is 86.3 cm³/mol. The van der Waals surface area contributed by atoms with Gasteiger partial charge in [0.2, 0.25) is 0 Å². The van der Waals surface area contributed by atoms with E-state index in [1.165, 1.54) is 48.8 Å². The first-order valence-electron chi connectivity index (χ1n) is 8.30. The molecule has 0 radical (unpaired) electrons. The maximum absolute atomic E-state index is 9.86. The highest BCUT2D eigenvalue weighted by Gasteiger charge is 2.51. The summed E-state index contributed by atoms with van der Waals surface area (Å²) in [6, 6.07) is 3.95. The standard InChI is InChI=1S/C19H25NO/c1-11-3-6-16-14-5-4-12-9-18(21)17(20)10-15(12)13(14)7-8-19(11,16)2/h9-10,13-14,16,21H,1,3-8,20H2,2H3/t13?,14?,16?,19-/m1/s1. The van der Waals surface area contributed by atoms with Crippen molar-refractivity contribution in [1.29, 1.82) is 0 Å². The molecule has 0 bridgehead atoms. The summed E-state index contributed by atoms with van der Waals surface area (Å²) in [5.41, 5.74) is 11.1. The molecule has 0 aliphatic heterocycles. The number of phenolic OH excluding ortho intramolecular Hbond substituents is 1. The van der Waals surface area contributed by atoms with Crippen LogP contribution in [0.15, 0.2) is 24.3 Å². The number of benzene rings is 1. The number of allylic oxidation sites excluding steroid dienone is 1. The molecular weight excluding hydrogens is 258 g/mol. The van der Waals surface area contributed by atoms with Gasteiger partial charge in [0.05, 0.1) is 5.69 Å². The molecule has 4 atom stereocenters. The summed E-state index contributed by atoms with van der Waals surface area (Å²) < 4.78 is 0. The third-order valence-electron chi connectivity index (χ3n) is 6.83. The summed E-state index contributed by atoms with van der Waals surface area (Å²) in [4.78, 5) is 0. The molecular formula is C19H25NO. The minimum atomic E-state index is 0.252. The summed E-state index contributed by atoms with van der Waals surface area (Å²) in [6.45, 7) is 6.81. The van der Waals surface area contributed by atoms with Gasteiger partial charge in [-0.3, -0.25) is 0 Å². The van der Waals surface area contributed by atoms with Crippen LogP contribution < -0.4 is 5.73 Å². The summed E-state index contributed by atoms with van der Waals surface area (Å²) in [5, 5.41) is 9.86. The lowest BCUT2D eigenvalue weighted by molar-refractivity contribution is 0.0816. The van der Waals surface area contributed by atoms with Crippen LogP contribution >= 0.6 is 0 Å². The predicted octanol–water partition coefficient (Wildman–Crippen LogP) is 4.39. The molecule has 0 saturated heterocycles. The number of nitrogens with two attached hydrogens (primary N) is 1. The molecule has 3 N–H and O–H groups in total. The fourth-order valence-corrected chi connectivity index (χ4v) is 5.53. The molecule has 2 heteroatoms. The molecule has 3 aliphatic carbocycles. The third-order valence-corrected chi connectivity index (χ3v) is 6.83. The SMILES string of the molecule is C=C1CCC2C3CCc4cc(O)c(N)cc4C3CC[C@]12C. The number of hydrogen-bond donors (Lipinski definition) is 2. The van der Waals surface area contributed by atoms with Gasteiger partial charge in [0, 0.05) is 0 Å². The highest BCUT2D eigenvalue weighted by Crippen LogP contribution is 2.62. The number of hydrogen-bond acceptors (Lipinski definition) is 2. The first kappa shape index (κ1) is 13.2. The van der Waals surface area contributed by atoms with Crippen LogP contribution in [0.3, 0.4) is 0 Å². The Morgan fingerprint density at radius 2 is 2.05 bits per heavy atom. The normalized spacial score (nSPS) is 37.8. The van der Waals surface area contributed by atoms with E-state index < -0.39 is 0 Å². The molecule has 2 nitrogen and oxygen atoms in total. The average molecular weight is 283 g/mol. The van der Waals surface area contributed by atoms with Crippen molar-refractivity contribution in [3.8, 4) is 5.75 Å². The Bertz CT molecular complexity index is 620. The van der Waals surface area contributed by atoms with Crippen LogP contribution in [0.1, 0.15) is 56.1 Å². The molecule has 0 amide bonds. The number of phenols is 1. The number of aryl methyl sites for hydroxylation is 1. The zero-order chi connectivity index (χ0) is 14.8. The first-order valence-corrected chi connectivity index (χ1v) is 8.30. The summed E-state index contributed by atoms with van der Waals surface area (Å²) in [6.07, 6.45) is 7.39. The van der Waals surface area contributed by atoms with E-state index in [1.54, 1.807) is 0 Å². The van der Waals surface area contributed by atoms with Crippen LogP contribution in [0, 0.1) is 17.3 Å². The second-order valence-electron chi connectivity index (χ2n) is 7.62. The monoisotopic (exact) mass is 283 g/mol. The summed E-state index contributed by atoms with van der Waals surface area (Å²) >= 11 is 0. The molecule has 21 heavy (non-hydrogen) atoms. The molecule has 0 heterocycles. The van der Waals surface area contributed by atoms with Crippen molar-refractivity contribution in [3.05, 3.63) is 35.4 Å². The fraction of sp³-hybridized carbons (Fsp3) is 0.579. The molecule has 112 valence electrons. The molecule has 0 spiro atoms. The molecule has 2 fully saturated rings. The maximum atomic E-state index is 9.86. The van der Waals surface area contributed by atoms with Crippen LogP contribution in [0.25, 0.3) is 0 Å². The van der Waals surface area contributed by atoms with Crippen LogP contribution in [0.2, 0.25) is 0 Å². The minimum absolute atomic E-state index is 0.252. The van der Waals surface area contributed by atoms with Gasteiger partial charge in [-0.25, -0.2) is 0 Å². The lowest BCUT2D eigenvalue weighted by Gasteiger charge is -2.49. The summed E-state index contributed by atoms with van der Waals surface area (Å²) in [5.74, 6) is 2.47. The van der Waals surface area contributed by atoms with E-state index in [4.69, 9.17) is 5.73 Å². The highest BCUT2D eigenvalue weighted by molar-refractivity contribution is 5.57. The number of aromatic hydroxyl groups is 1. The van der Waals surface area contributed by atoms with Crippen molar-refractivity contribution >= 4 is 5.69 Å².